The van der Waals surface area contributed by atoms with E-state index in [1.54, 1.807) is 0 Å². The Balaban J connectivity index is 4.09. The van der Waals surface area contributed by atoms with E-state index in [9.17, 15) is 14.4 Å². The van der Waals surface area contributed by atoms with Gasteiger partial charge in [-0.3, -0.25) is 14.4 Å². The normalized spacial score (nSPS) is 12.5. The molecule has 0 saturated heterocycles. The van der Waals surface area contributed by atoms with Crippen LogP contribution in [0.1, 0.15) is 226 Å². The highest BCUT2D eigenvalue weighted by Crippen LogP contribution is 2.16. The summed E-state index contributed by atoms with van der Waals surface area (Å²) in [5, 5.41) is 9.10. The number of carbonyl (C=O) groups excluding carboxylic acids is 3. The third-order valence-electron chi connectivity index (χ3n) is 9.79. The number of aliphatic hydroxyl groups excluding tert-OH is 1. The summed E-state index contributed by atoms with van der Waals surface area (Å²) in [6.45, 7) is 3.83. The zero-order chi connectivity index (χ0) is 37.5. The molecule has 0 aromatic heterocycles. The van der Waals surface area contributed by atoms with Gasteiger partial charge >= 0.3 is 17.9 Å². The van der Waals surface area contributed by atoms with Gasteiger partial charge in [-0.15, -0.1) is 0 Å². The van der Waals surface area contributed by atoms with E-state index in [0.717, 1.165) is 38.5 Å². The van der Waals surface area contributed by atoms with E-state index in [1.807, 2.05) is 0 Å². The number of hydrogen-bond donors (Lipinski definition) is 2. The molecule has 0 fully saturated rings. The van der Waals surface area contributed by atoms with Crippen LogP contribution in [0.25, 0.3) is 0 Å². The van der Waals surface area contributed by atoms with Gasteiger partial charge in [-0.1, -0.05) is 194 Å². The average molecular weight is 726 g/mol. The fourth-order valence-corrected chi connectivity index (χ4v) is 6.42. The highest BCUT2D eigenvalue weighted by atomic mass is 16.6. The van der Waals surface area contributed by atoms with Gasteiger partial charge in [-0.2, -0.15) is 0 Å². The SMILES string of the molecule is CCCCCCCCCCCCCCCCCC(=O)OCC(COC(=O)CC(N)CO)OC(=O)CCCCCCCCCCCCCCCCC. The molecule has 0 rings (SSSR count). The van der Waals surface area contributed by atoms with E-state index >= 15 is 0 Å². The third kappa shape index (κ3) is 37.9. The van der Waals surface area contributed by atoms with Gasteiger partial charge in [-0.05, 0) is 12.8 Å². The van der Waals surface area contributed by atoms with Crippen LogP contribution >= 0.6 is 0 Å². The zero-order valence-corrected chi connectivity index (χ0v) is 33.6. The van der Waals surface area contributed by atoms with Crippen molar-refractivity contribution < 1.29 is 33.7 Å². The summed E-state index contributed by atoms with van der Waals surface area (Å²) in [7, 11) is 0. The topological polar surface area (TPSA) is 125 Å². The number of esters is 3. The average Bonchev–Trinajstić information content (AvgIpc) is 3.12. The molecule has 0 aromatic rings. The molecule has 8 nitrogen and oxygen atoms in total. The molecular formula is C43H83NO7. The van der Waals surface area contributed by atoms with Crippen molar-refractivity contribution in [3.63, 3.8) is 0 Å². The van der Waals surface area contributed by atoms with Crippen molar-refractivity contribution in [3.05, 3.63) is 0 Å². The standard InChI is InChI=1S/C43H83NO7/c1-3-5-7-9-11-13-15-17-19-21-23-25-27-29-31-33-41(46)49-37-40(38-50-43(48)35-39(44)36-45)51-42(47)34-32-30-28-26-24-22-20-18-16-14-12-10-8-6-4-2/h39-40,45H,3-38,44H2,1-2H3. The summed E-state index contributed by atoms with van der Waals surface area (Å²) < 4.78 is 16.2. The van der Waals surface area contributed by atoms with Gasteiger partial charge in [0.1, 0.15) is 13.2 Å². The number of unbranched alkanes of at least 4 members (excludes halogenated alkanes) is 28. The van der Waals surface area contributed by atoms with Gasteiger partial charge in [0.25, 0.3) is 0 Å². The molecule has 51 heavy (non-hydrogen) atoms. The van der Waals surface area contributed by atoms with Crippen LogP contribution in [0.3, 0.4) is 0 Å². The minimum Gasteiger partial charge on any atom is -0.462 e. The van der Waals surface area contributed by atoms with Crippen LogP contribution in [0.4, 0.5) is 0 Å². The van der Waals surface area contributed by atoms with Gasteiger partial charge in [0.05, 0.1) is 13.0 Å². The van der Waals surface area contributed by atoms with Crippen molar-refractivity contribution in [2.45, 2.75) is 238 Å². The summed E-state index contributed by atoms with van der Waals surface area (Å²) in [5.74, 6) is -1.30. The molecule has 2 atom stereocenters. The van der Waals surface area contributed by atoms with Crippen LogP contribution in [-0.4, -0.2) is 55.0 Å². The van der Waals surface area contributed by atoms with Crippen LogP contribution in [0.5, 0.6) is 0 Å². The van der Waals surface area contributed by atoms with Gasteiger partial charge in [0.15, 0.2) is 6.10 Å². The number of rotatable bonds is 40. The second-order valence-corrected chi connectivity index (χ2v) is 15.0. The van der Waals surface area contributed by atoms with Crippen molar-refractivity contribution >= 4 is 17.9 Å². The molecule has 0 saturated carbocycles. The first-order valence-corrected chi connectivity index (χ1v) is 21.8. The monoisotopic (exact) mass is 726 g/mol. The van der Waals surface area contributed by atoms with Crippen molar-refractivity contribution in [2.24, 2.45) is 5.73 Å². The number of ether oxygens (including phenoxy) is 3. The van der Waals surface area contributed by atoms with Crippen molar-refractivity contribution in [3.8, 4) is 0 Å². The molecule has 8 heteroatoms. The molecule has 0 bridgehead atoms. The van der Waals surface area contributed by atoms with Crippen LogP contribution in [-0.2, 0) is 28.6 Å². The lowest BCUT2D eigenvalue weighted by Crippen LogP contribution is -2.33. The molecule has 0 aliphatic heterocycles. The molecule has 0 aromatic carbocycles. The Bertz CT molecular complexity index is 777. The Kier molecular flexibility index (Phi) is 38.2. The van der Waals surface area contributed by atoms with Gasteiger partial charge in [0.2, 0.25) is 0 Å². The van der Waals surface area contributed by atoms with Crippen LogP contribution in [0, 0.1) is 0 Å². The fourth-order valence-electron chi connectivity index (χ4n) is 6.42. The Morgan fingerprint density at radius 1 is 0.451 bits per heavy atom. The molecule has 0 spiro atoms. The van der Waals surface area contributed by atoms with Gasteiger partial charge in [0, 0.05) is 18.9 Å². The van der Waals surface area contributed by atoms with E-state index in [4.69, 9.17) is 25.1 Å². The maximum atomic E-state index is 12.6. The largest absolute Gasteiger partial charge is 0.462 e. The molecule has 0 heterocycles. The van der Waals surface area contributed by atoms with E-state index in [0.29, 0.717) is 6.42 Å². The molecule has 3 N–H and O–H groups in total. The Morgan fingerprint density at radius 3 is 1.08 bits per heavy atom. The summed E-state index contributed by atoms with van der Waals surface area (Å²) in [5.41, 5.74) is 5.63. The number of nitrogens with two attached hydrogens (primary N) is 1. The molecule has 0 amide bonds. The first-order valence-electron chi connectivity index (χ1n) is 21.8. The summed E-state index contributed by atoms with van der Waals surface area (Å²) in [4.78, 5) is 37.1. The molecular weight excluding hydrogens is 642 g/mol. The van der Waals surface area contributed by atoms with Gasteiger partial charge < -0.3 is 25.1 Å². The zero-order valence-electron chi connectivity index (χ0n) is 33.6. The minimum absolute atomic E-state index is 0.144. The molecule has 2 unspecified atom stereocenters. The Morgan fingerprint density at radius 2 is 0.745 bits per heavy atom. The first kappa shape index (κ1) is 49.3. The van der Waals surface area contributed by atoms with Crippen molar-refractivity contribution in [1.29, 1.82) is 0 Å². The molecule has 0 radical (unpaired) electrons. The maximum absolute atomic E-state index is 12.6. The minimum atomic E-state index is -0.867. The number of hydrogen-bond acceptors (Lipinski definition) is 8. The van der Waals surface area contributed by atoms with Crippen molar-refractivity contribution in [2.75, 3.05) is 19.8 Å². The predicted octanol–water partition coefficient (Wildman–Crippen LogP) is 11.2. The lowest BCUT2D eigenvalue weighted by atomic mass is 10.0. The van der Waals surface area contributed by atoms with Crippen LogP contribution in [0.2, 0.25) is 0 Å². The quantitative estimate of drug-likeness (QED) is 0.0363. The number of carbonyl (C=O) groups is 3. The lowest BCUT2D eigenvalue weighted by molar-refractivity contribution is -0.167. The van der Waals surface area contributed by atoms with Crippen molar-refractivity contribution in [1.82, 2.24) is 0 Å². The van der Waals surface area contributed by atoms with Crippen LogP contribution in [0.15, 0.2) is 0 Å². The Labute approximate surface area is 314 Å². The number of aliphatic hydroxyl groups is 1. The van der Waals surface area contributed by atoms with E-state index in [1.165, 1.54) is 154 Å². The summed E-state index contributed by atoms with van der Waals surface area (Å²) in [6, 6.07) is -0.712. The molecule has 302 valence electrons. The van der Waals surface area contributed by atoms with E-state index in [2.05, 4.69) is 13.8 Å². The summed E-state index contributed by atoms with van der Waals surface area (Å²) in [6.07, 6.45) is 37.4. The lowest BCUT2D eigenvalue weighted by Gasteiger charge is -2.18. The second kappa shape index (κ2) is 39.5. The molecule has 0 aliphatic rings. The third-order valence-corrected chi connectivity index (χ3v) is 9.79. The smallest absolute Gasteiger partial charge is 0.307 e. The summed E-state index contributed by atoms with van der Waals surface area (Å²) >= 11 is 0. The fraction of sp³-hybridized carbons (Fsp3) is 0.930. The predicted molar refractivity (Wildman–Crippen MR) is 211 cm³/mol. The maximum Gasteiger partial charge on any atom is 0.307 e. The highest BCUT2D eigenvalue weighted by Gasteiger charge is 2.20. The second-order valence-electron chi connectivity index (χ2n) is 15.0. The Hall–Kier alpha value is -1.67. The van der Waals surface area contributed by atoms with Gasteiger partial charge in [-0.25, -0.2) is 0 Å². The van der Waals surface area contributed by atoms with E-state index in [-0.39, 0.29) is 44.6 Å². The molecule has 0 aliphatic carbocycles. The highest BCUT2D eigenvalue weighted by molar-refractivity contribution is 5.71. The van der Waals surface area contributed by atoms with Crippen LogP contribution < -0.4 is 5.73 Å². The van der Waals surface area contributed by atoms with E-state index < -0.39 is 18.1 Å². The first-order chi connectivity index (χ1) is 24.9.